The standard InChI is InChI=1S/C23H29N3O4/c1-25(15-17-6-7-21-22(12-17)30-11-10-29-21)23(27)24-14-18-8-9-26(16-18)19-4-3-5-20(13-19)28-2/h3-7,12-13,18H,8-11,14-16H2,1-2H3,(H,24,27). The molecule has 1 atom stereocenters. The molecule has 0 aromatic heterocycles. The summed E-state index contributed by atoms with van der Waals surface area (Å²) in [5.41, 5.74) is 2.18. The van der Waals surface area contributed by atoms with Crippen LogP contribution in [0.25, 0.3) is 0 Å². The number of hydrogen-bond acceptors (Lipinski definition) is 5. The molecule has 2 aromatic carbocycles. The molecule has 2 amide bonds. The van der Waals surface area contributed by atoms with Gasteiger partial charge in [0.05, 0.1) is 7.11 Å². The molecule has 2 aliphatic heterocycles. The number of methoxy groups -OCH3 is 1. The predicted octanol–water partition coefficient (Wildman–Crippen LogP) is 3.13. The monoisotopic (exact) mass is 411 g/mol. The van der Waals surface area contributed by atoms with E-state index in [1.165, 1.54) is 5.69 Å². The van der Waals surface area contributed by atoms with Crippen molar-refractivity contribution in [3.05, 3.63) is 48.0 Å². The van der Waals surface area contributed by atoms with Gasteiger partial charge in [-0.3, -0.25) is 0 Å². The number of carbonyl (C=O) groups excluding carboxylic acids is 1. The molecule has 1 N–H and O–H groups in total. The largest absolute Gasteiger partial charge is 0.497 e. The zero-order valence-corrected chi connectivity index (χ0v) is 17.6. The SMILES string of the molecule is COc1cccc(N2CCC(CNC(=O)N(C)Cc3ccc4c(c3)OCCO4)C2)c1. The van der Waals surface area contributed by atoms with Gasteiger partial charge >= 0.3 is 6.03 Å². The Bertz CT molecular complexity index is 889. The Morgan fingerprint density at radius 3 is 2.87 bits per heavy atom. The van der Waals surface area contributed by atoms with E-state index < -0.39 is 0 Å². The lowest BCUT2D eigenvalue weighted by atomic mass is 10.1. The third kappa shape index (κ3) is 4.72. The number of benzene rings is 2. The Morgan fingerprint density at radius 2 is 2.03 bits per heavy atom. The number of rotatable bonds is 6. The summed E-state index contributed by atoms with van der Waals surface area (Å²) in [6.45, 7) is 4.24. The van der Waals surface area contributed by atoms with E-state index >= 15 is 0 Å². The van der Waals surface area contributed by atoms with Crippen molar-refractivity contribution in [3.8, 4) is 17.2 Å². The highest BCUT2D eigenvalue weighted by molar-refractivity contribution is 5.73. The molecule has 2 heterocycles. The lowest BCUT2D eigenvalue weighted by Crippen LogP contribution is -2.39. The summed E-state index contributed by atoms with van der Waals surface area (Å²) in [4.78, 5) is 16.6. The van der Waals surface area contributed by atoms with Gasteiger partial charge in [0.15, 0.2) is 11.5 Å². The van der Waals surface area contributed by atoms with Crippen LogP contribution in [0.15, 0.2) is 42.5 Å². The third-order valence-corrected chi connectivity index (χ3v) is 5.62. The number of anilines is 1. The number of fused-ring (bicyclic) bond motifs is 1. The quantitative estimate of drug-likeness (QED) is 0.791. The fourth-order valence-corrected chi connectivity index (χ4v) is 3.94. The summed E-state index contributed by atoms with van der Waals surface area (Å²) in [6.07, 6.45) is 1.06. The van der Waals surface area contributed by atoms with Crippen LogP contribution in [0.2, 0.25) is 0 Å². The maximum Gasteiger partial charge on any atom is 0.317 e. The zero-order valence-electron chi connectivity index (χ0n) is 17.6. The number of ether oxygens (including phenoxy) is 3. The van der Waals surface area contributed by atoms with Gasteiger partial charge < -0.3 is 29.3 Å². The van der Waals surface area contributed by atoms with Crippen LogP contribution in [-0.4, -0.2) is 57.9 Å². The van der Waals surface area contributed by atoms with Gasteiger partial charge in [-0.15, -0.1) is 0 Å². The summed E-state index contributed by atoms with van der Waals surface area (Å²) in [6, 6.07) is 13.9. The second-order valence-corrected chi connectivity index (χ2v) is 7.82. The molecular weight excluding hydrogens is 382 g/mol. The minimum Gasteiger partial charge on any atom is -0.497 e. The first-order chi connectivity index (χ1) is 14.6. The van der Waals surface area contributed by atoms with Crippen LogP contribution in [0.5, 0.6) is 17.2 Å². The topological polar surface area (TPSA) is 63.3 Å². The van der Waals surface area contributed by atoms with Crippen molar-refractivity contribution in [1.29, 1.82) is 0 Å². The minimum atomic E-state index is -0.0651. The zero-order chi connectivity index (χ0) is 20.9. The first kappa shape index (κ1) is 20.2. The van der Waals surface area contributed by atoms with Crippen molar-refractivity contribution in [1.82, 2.24) is 10.2 Å². The second-order valence-electron chi connectivity index (χ2n) is 7.82. The van der Waals surface area contributed by atoms with E-state index in [0.717, 1.165) is 42.3 Å². The van der Waals surface area contributed by atoms with Crippen LogP contribution in [0, 0.1) is 5.92 Å². The molecule has 7 heteroatoms. The highest BCUT2D eigenvalue weighted by atomic mass is 16.6. The van der Waals surface area contributed by atoms with Crippen molar-refractivity contribution in [2.24, 2.45) is 5.92 Å². The predicted molar refractivity (Wildman–Crippen MR) is 116 cm³/mol. The number of carbonyl (C=O) groups is 1. The Kier molecular flexibility index (Phi) is 6.16. The van der Waals surface area contributed by atoms with E-state index in [2.05, 4.69) is 22.3 Å². The lowest BCUT2D eigenvalue weighted by molar-refractivity contribution is 0.171. The first-order valence-electron chi connectivity index (χ1n) is 10.4. The van der Waals surface area contributed by atoms with Crippen LogP contribution in [0.3, 0.4) is 0 Å². The Hall–Kier alpha value is -3.09. The highest BCUT2D eigenvalue weighted by Crippen LogP contribution is 2.31. The van der Waals surface area contributed by atoms with Crippen LogP contribution in [0.4, 0.5) is 10.5 Å². The van der Waals surface area contributed by atoms with E-state index in [0.29, 0.717) is 32.2 Å². The second kappa shape index (κ2) is 9.15. The maximum absolute atomic E-state index is 12.6. The van der Waals surface area contributed by atoms with Crippen LogP contribution in [0.1, 0.15) is 12.0 Å². The van der Waals surface area contributed by atoms with Crippen molar-refractivity contribution >= 4 is 11.7 Å². The van der Waals surface area contributed by atoms with Crippen LogP contribution < -0.4 is 24.4 Å². The molecule has 7 nitrogen and oxygen atoms in total. The first-order valence-corrected chi connectivity index (χ1v) is 10.4. The summed E-state index contributed by atoms with van der Waals surface area (Å²) < 4.78 is 16.5. The van der Waals surface area contributed by atoms with Crippen molar-refractivity contribution in [3.63, 3.8) is 0 Å². The van der Waals surface area contributed by atoms with E-state index in [1.54, 1.807) is 12.0 Å². The Labute approximate surface area is 177 Å². The van der Waals surface area contributed by atoms with Crippen molar-refractivity contribution in [2.45, 2.75) is 13.0 Å². The molecule has 0 radical (unpaired) electrons. The van der Waals surface area contributed by atoms with Crippen molar-refractivity contribution < 1.29 is 19.0 Å². The molecule has 1 fully saturated rings. The Morgan fingerprint density at radius 1 is 1.20 bits per heavy atom. The number of hydrogen-bond donors (Lipinski definition) is 1. The van der Waals surface area contributed by atoms with Crippen molar-refractivity contribution in [2.75, 3.05) is 51.9 Å². The number of nitrogens with one attached hydrogen (secondary N) is 1. The smallest absolute Gasteiger partial charge is 0.317 e. The van der Waals surface area contributed by atoms with E-state index in [4.69, 9.17) is 14.2 Å². The molecule has 0 spiro atoms. The van der Waals surface area contributed by atoms with Gasteiger partial charge in [0, 0.05) is 45.0 Å². The van der Waals surface area contributed by atoms with Gasteiger partial charge in [-0.2, -0.15) is 0 Å². The molecule has 160 valence electrons. The molecule has 0 aliphatic carbocycles. The summed E-state index contributed by atoms with van der Waals surface area (Å²) >= 11 is 0. The van der Waals surface area contributed by atoms with Gasteiger partial charge in [-0.1, -0.05) is 12.1 Å². The minimum absolute atomic E-state index is 0.0651. The number of urea groups is 1. The molecule has 2 aromatic rings. The van der Waals surface area contributed by atoms with Gasteiger partial charge in [-0.05, 0) is 42.2 Å². The van der Waals surface area contributed by atoms with E-state index in [1.807, 2.05) is 37.4 Å². The molecule has 0 saturated carbocycles. The fraction of sp³-hybridized carbons (Fsp3) is 0.435. The normalized spacial score (nSPS) is 17.5. The van der Waals surface area contributed by atoms with E-state index in [9.17, 15) is 4.79 Å². The van der Waals surface area contributed by atoms with Gasteiger partial charge in [0.1, 0.15) is 19.0 Å². The van der Waals surface area contributed by atoms with E-state index in [-0.39, 0.29) is 6.03 Å². The summed E-state index contributed by atoms with van der Waals surface area (Å²) in [7, 11) is 3.49. The molecule has 30 heavy (non-hydrogen) atoms. The molecule has 2 aliphatic rings. The van der Waals surface area contributed by atoms with Crippen LogP contribution in [-0.2, 0) is 6.54 Å². The van der Waals surface area contributed by atoms with Gasteiger partial charge in [-0.25, -0.2) is 4.79 Å². The van der Waals surface area contributed by atoms with Crippen LogP contribution >= 0.6 is 0 Å². The maximum atomic E-state index is 12.6. The van der Waals surface area contributed by atoms with Gasteiger partial charge in [0.2, 0.25) is 0 Å². The fourth-order valence-electron chi connectivity index (χ4n) is 3.94. The number of nitrogens with zero attached hydrogens (tertiary/aromatic N) is 2. The Balaban J connectivity index is 1.25. The molecule has 0 bridgehead atoms. The average Bonchev–Trinajstić information content (AvgIpc) is 3.26. The molecule has 1 unspecified atom stereocenters. The number of amides is 2. The lowest BCUT2D eigenvalue weighted by Gasteiger charge is -2.22. The average molecular weight is 412 g/mol. The third-order valence-electron chi connectivity index (χ3n) is 5.62. The summed E-state index contributed by atoms with van der Waals surface area (Å²) in [5, 5.41) is 3.08. The highest BCUT2D eigenvalue weighted by Gasteiger charge is 2.24. The molecule has 1 saturated heterocycles. The van der Waals surface area contributed by atoms with Gasteiger partial charge in [0.25, 0.3) is 0 Å². The summed E-state index contributed by atoms with van der Waals surface area (Å²) in [5.74, 6) is 2.81. The molecular formula is C23H29N3O4. The molecule has 4 rings (SSSR count).